The molecular formula is C62H68N10O28S8. The second kappa shape index (κ2) is 34.7. The SMILES string of the molecule is Cc1cc(N=Nc2cc(OCCCS(=O)(=O)O)c(CNCNc3cc(C)c(N=Nc4cc(C)c(N=Nc5ccc6cc(S(=O)(=O)O)cc(S(=O)(=O)O)c6c5)cc4OCCCS(=O)(=O)O)cc3OCCCS(=O)(=O)O)cc2C)c(OCCCS(=O)(=O)O)cc1N=Nc1ccc2cc(S(=O)(=O)O)cc(S(=O)(=O)O)c2c1. The molecular weight excluding hydrogens is 1590 g/mol. The molecule has 0 aliphatic heterocycles. The van der Waals surface area contributed by atoms with E-state index in [1.165, 1.54) is 72.8 Å². The Bertz CT molecular complexity index is 5550. The summed E-state index contributed by atoms with van der Waals surface area (Å²) in [7, 11) is -37.6. The molecule has 38 nitrogen and oxygen atoms in total. The first-order chi connectivity index (χ1) is 50.2. The smallest absolute Gasteiger partial charge is 0.295 e. The van der Waals surface area contributed by atoms with Crippen LogP contribution >= 0.6 is 0 Å². The molecule has 0 spiro atoms. The molecule has 0 radical (unpaired) electrons. The molecule has 582 valence electrons. The molecule has 0 aliphatic carbocycles. The van der Waals surface area contributed by atoms with Crippen molar-refractivity contribution in [2.45, 2.75) is 79.5 Å². The van der Waals surface area contributed by atoms with E-state index in [1.807, 2.05) is 0 Å². The average molecular weight is 1660 g/mol. The number of anilines is 1. The van der Waals surface area contributed by atoms with Crippen molar-refractivity contribution in [1.82, 2.24) is 5.32 Å². The summed E-state index contributed by atoms with van der Waals surface area (Å²) in [6.45, 7) is 5.49. The zero-order valence-corrected chi connectivity index (χ0v) is 63.4. The molecule has 0 unspecified atom stereocenters. The maximum absolute atomic E-state index is 12.3. The number of ether oxygens (including phenoxy) is 4. The monoisotopic (exact) mass is 1660 g/mol. The van der Waals surface area contributed by atoms with Crippen LogP contribution in [0.4, 0.5) is 51.2 Å². The van der Waals surface area contributed by atoms with E-state index in [-0.39, 0.29) is 155 Å². The van der Waals surface area contributed by atoms with Crippen molar-refractivity contribution in [3.05, 3.63) is 137 Å². The number of fused-ring (bicyclic) bond motifs is 2. The lowest BCUT2D eigenvalue weighted by Crippen LogP contribution is -2.22. The van der Waals surface area contributed by atoms with Crippen LogP contribution < -0.4 is 29.6 Å². The maximum atomic E-state index is 12.3. The van der Waals surface area contributed by atoms with Crippen molar-refractivity contribution < 1.29 is 123 Å². The molecule has 0 heterocycles. The van der Waals surface area contributed by atoms with Crippen molar-refractivity contribution in [2.24, 2.45) is 40.9 Å². The van der Waals surface area contributed by atoms with E-state index < -0.39 is 124 Å². The molecule has 0 saturated heterocycles. The molecule has 108 heavy (non-hydrogen) atoms. The van der Waals surface area contributed by atoms with Crippen LogP contribution in [-0.2, 0) is 87.5 Å². The second-order valence-electron chi connectivity index (χ2n) is 23.7. The van der Waals surface area contributed by atoms with Crippen LogP contribution in [0.25, 0.3) is 21.5 Å². The van der Waals surface area contributed by atoms with Gasteiger partial charge in [0.25, 0.3) is 80.9 Å². The third kappa shape index (κ3) is 25.3. The Balaban J connectivity index is 1.06. The number of hydrogen-bond acceptors (Lipinski definition) is 30. The molecule has 10 N–H and O–H groups in total. The molecule has 0 aliphatic rings. The number of nitrogens with one attached hydrogen (secondary N) is 2. The van der Waals surface area contributed by atoms with Crippen molar-refractivity contribution >= 4 is 154 Å². The average Bonchev–Trinajstić information content (AvgIpc) is 0.772. The Kier molecular flexibility index (Phi) is 27.1. The summed E-state index contributed by atoms with van der Waals surface area (Å²) in [4.78, 5) is -3.32. The highest BCUT2D eigenvalue weighted by atomic mass is 32.2. The molecule has 8 aromatic carbocycles. The second-order valence-corrected chi connectivity index (χ2v) is 35.6. The van der Waals surface area contributed by atoms with Crippen LogP contribution in [0.5, 0.6) is 23.0 Å². The molecule has 0 amide bonds. The van der Waals surface area contributed by atoms with E-state index in [2.05, 4.69) is 51.5 Å². The summed E-state index contributed by atoms with van der Waals surface area (Å²) in [5.41, 5.74) is 3.35. The van der Waals surface area contributed by atoms with Crippen LogP contribution in [0.2, 0.25) is 0 Å². The van der Waals surface area contributed by atoms with Gasteiger partial charge in [-0.2, -0.15) is 98.0 Å². The van der Waals surface area contributed by atoms with E-state index in [0.717, 1.165) is 12.1 Å². The number of nitrogens with zero attached hydrogens (tertiary/aromatic N) is 8. The molecule has 0 fully saturated rings. The van der Waals surface area contributed by atoms with Gasteiger partial charge in [0.1, 0.15) is 44.2 Å². The zero-order chi connectivity index (χ0) is 79.5. The summed E-state index contributed by atoms with van der Waals surface area (Å²) >= 11 is 0. The Morgan fingerprint density at radius 3 is 1.03 bits per heavy atom. The van der Waals surface area contributed by atoms with Gasteiger partial charge in [0.05, 0.1) is 106 Å². The third-order valence-corrected chi connectivity index (χ3v) is 21.8. The third-order valence-electron chi connectivity index (χ3n) is 15.1. The number of aryl methyl sites for hydroxylation is 4. The van der Waals surface area contributed by atoms with Crippen LogP contribution in [0.1, 0.15) is 53.5 Å². The lowest BCUT2D eigenvalue weighted by atomic mass is 10.1. The predicted octanol–water partition coefficient (Wildman–Crippen LogP) is 11.7. The van der Waals surface area contributed by atoms with E-state index in [4.69, 9.17) is 18.9 Å². The summed E-state index contributed by atoms with van der Waals surface area (Å²) < 4.78 is 291. The number of azo groups is 4. The molecule has 8 aromatic rings. The minimum atomic E-state index is -5.06. The van der Waals surface area contributed by atoms with Crippen molar-refractivity contribution in [3.8, 4) is 23.0 Å². The Morgan fingerprint density at radius 1 is 0.333 bits per heavy atom. The summed E-state index contributed by atoms with van der Waals surface area (Å²) in [6.07, 6.45) is -0.715. The van der Waals surface area contributed by atoms with Gasteiger partial charge in [-0.25, -0.2) is 0 Å². The largest absolute Gasteiger partial charge is 0.493 e. The Labute approximate surface area is 619 Å². The first-order valence-corrected chi connectivity index (χ1v) is 43.4. The van der Waals surface area contributed by atoms with Gasteiger partial charge in [-0.1, -0.05) is 12.1 Å². The first kappa shape index (κ1) is 84.5. The fourth-order valence-electron chi connectivity index (χ4n) is 9.99. The standard InChI is InChI=1S/C62H68N10O28S8/c1-37-21-43(57(97-13-5-17-101(73,74)75)31-50(37)69-71-55-23-39(3)51(33-59(55)99-15-7-19-103(79,80)81)67-65-44-11-9-41-25-46(105(85,86)87)29-61(48(41)27-44)107(91,92)93)35-63-36-64-54-22-38(2)53(32-58(54)98-14-6-18-102(76,77)78)70-72-56-24-40(4)52(34-60(56)100-16-8-20-104(82,83)84)68-66-45-12-10-42-26-47(106(88,89)90)30-62(49(42)28-45)108(94,95)96/h9-12,21-34,63-64H,5-8,13-20,35-36H2,1-4H3,(H,73,74,75)(H,76,77,78)(H,79,80,81)(H,82,83,84)(H,85,86,87)(H,88,89,90)(H,91,92,93)(H,94,95,96). The highest BCUT2D eigenvalue weighted by Crippen LogP contribution is 2.42. The maximum Gasteiger partial charge on any atom is 0.295 e. The lowest BCUT2D eigenvalue weighted by Gasteiger charge is -2.17. The Hall–Kier alpha value is -9.08. The quantitative estimate of drug-likeness (QED) is 0.00748. The fourth-order valence-corrected chi connectivity index (χ4v) is 14.6. The molecule has 46 heteroatoms. The molecule has 8 rings (SSSR count). The number of benzene rings is 8. The summed E-state index contributed by atoms with van der Waals surface area (Å²) in [5.74, 6) is -2.45. The van der Waals surface area contributed by atoms with Gasteiger partial charge in [-0.15, -0.1) is 10.2 Å². The van der Waals surface area contributed by atoms with Gasteiger partial charge in [0.2, 0.25) is 0 Å². The highest BCUT2D eigenvalue weighted by molar-refractivity contribution is 7.88. The zero-order valence-electron chi connectivity index (χ0n) is 56.9. The topological polar surface area (TPSA) is 595 Å². The minimum Gasteiger partial charge on any atom is -0.493 e. The first-order valence-electron chi connectivity index (χ1n) is 31.2. The molecule has 0 aromatic heterocycles. The van der Waals surface area contributed by atoms with Crippen molar-refractivity contribution in [3.63, 3.8) is 0 Å². The van der Waals surface area contributed by atoms with Gasteiger partial charge in [0.15, 0.2) is 0 Å². The molecule has 0 saturated carbocycles. The van der Waals surface area contributed by atoms with Gasteiger partial charge < -0.3 is 24.3 Å². The molecule has 0 atom stereocenters. The summed E-state index contributed by atoms with van der Waals surface area (Å²) in [5, 5.41) is 40.7. The number of hydrogen-bond donors (Lipinski definition) is 10. The van der Waals surface area contributed by atoms with Crippen LogP contribution in [0, 0.1) is 27.7 Å². The van der Waals surface area contributed by atoms with Crippen molar-refractivity contribution in [1.29, 1.82) is 0 Å². The van der Waals surface area contributed by atoms with Gasteiger partial charge in [-0.05, 0) is 159 Å². The summed E-state index contributed by atoms with van der Waals surface area (Å²) in [6, 6.07) is 22.6. The lowest BCUT2D eigenvalue weighted by molar-refractivity contribution is 0.312. The highest BCUT2D eigenvalue weighted by Gasteiger charge is 2.24. The van der Waals surface area contributed by atoms with Gasteiger partial charge >= 0.3 is 0 Å². The van der Waals surface area contributed by atoms with Gasteiger partial charge in [0, 0.05) is 47.1 Å². The van der Waals surface area contributed by atoms with Crippen molar-refractivity contribution in [2.75, 3.05) is 61.4 Å². The van der Waals surface area contributed by atoms with E-state index in [0.29, 0.717) is 45.6 Å². The minimum absolute atomic E-state index is 0.00578. The fraction of sp³-hybridized carbons (Fsp3) is 0.290. The van der Waals surface area contributed by atoms with Crippen LogP contribution in [0.15, 0.2) is 170 Å². The van der Waals surface area contributed by atoms with E-state index >= 15 is 0 Å². The normalized spacial score (nSPS) is 13.1. The number of rotatable bonds is 37. The van der Waals surface area contributed by atoms with E-state index in [1.54, 1.807) is 39.8 Å². The molecule has 0 bridgehead atoms. The van der Waals surface area contributed by atoms with E-state index in [9.17, 15) is 104 Å². The predicted molar refractivity (Wildman–Crippen MR) is 390 cm³/mol. The van der Waals surface area contributed by atoms with Crippen LogP contribution in [-0.4, -0.2) is 160 Å². The Morgan fingerprint density at radius 2 is 0.657 bits per heavy atom. The van der Waals surface area contributed by atoms with Crippen LogP contribution in [0.3, 0.4) is 0 Å². The van der Waals surface area contributed by atoms with Gasteiger partial charge in [-0.3, -0.25) is 41.7 Å².